The van der Waals surface area contributed by atoms with Crippen molar-refractivity contribution in [2.24, 2.45) is 5.73 Å². The van der Waals surface area contributed by atoms with Crippen LogP contribution in [0.25, 0.3) is 0 Å². The van der Waals surface area contributed by atoms with Crippen molar-refractivity contribution in [1.82, 2.24) is 4.90 Å². The van der Waals surface area contributed by atoms with Gasteiger partial charge in [-0.15, -0.1) is 0 Å². The van der Waals surface area contributed by atoms with E-state index in [9.17, 15) is 4.79 Å². The first kappa shape index (κ1) is 13.6. The fourth-order valence-electron chi connectivity index (χ4n) is 3.45. The molecule has 2 aliphatic rings. The minimum atomic E-state index is 0.205. The van der Waals surface area contributed by atoms with Crippen molar-refractivity contribution < 1.29 is 4.79 Å². The van der Waals surface area contributed by atoms with Crippen LogP contribution in [0, 0.1) is 0 Å². The van der Waals surface area contributed by atoms with E-state index < -0.39 is 0 Å². The van der Waals surface area contributed by atoms with E-state index in [1.54, 1.807) is 0 Å². The molecule has 4 nitrogen and oxygen atoms in total. The number of anilines is 1. The first-order valence-corrected chi connectivity index (χ1v) is 7.53. The standard InChI is InChI=1S/C16H23N3O/c1-12-9-13-5-2-3-7-15(13)19(12)16(20)11-18-8-4-6-14(17)10-18/h2-3,5,7,12,14H,4,6,8-11,17H2,1H3. The summed E-state index contributed by atoms with van der Waals surface area (Å²) >= 11 is 0. The minimum absolute atomic E-state index is 0.205. The molecule has 3 rings (SSSR count). The number of nitrogens with two attached hydrogens (primary N) is 1. The molecule has 1 saturated heterocycles. The highest BCUT2D eigenvalue weighted by Crippen LogP contribution is 2.31. The molecule has 108 valence electrons. The summed E-state index contributed by atoms with van der Waals surface area (Å²) in [7, 11) is 0. The molecule has 1 amide bonds. The average molecular weight is 273 g/mol. The van der Waals surface area contributed by atoms with Crippen molar-refractivity contribution in [3.63, 3.8) is 0 Å². The molecule has 0 saturated carbocycles. The number of nitrogens with zero attached hydrogens (tertiary/aromatic N) is 2. The molecule has 1 aromatic carbocycles. The van der Waals surface area contributed by atoms with Crippen molar-refractivity contribution in [1.29, 1.82) is 0 Å². The summed E-state index contributed by atoms with van der Waals surface area (Å²) in [6.07, 6.45) is 3.13. The molecule has 20 heavy (non-hydrogen) atoms. The smallest absolute Gasteiger partial charge is 0.241 e. The lowest BCUT2D eigenvalue weighted by Crippen LogP contribution is -2.49. The molecule has 2 aliphatic heterocycles. The number of benzene rings is 1. The normalized spacial score (nSPS) is 26.6. The van der Waals surface area contributed by atoms with E-state index >= 15 is 0 Å². The number of carbonyl (C=O) groups excluding carboxylic acids is 1. The van der Waals surface area contributed by atoms with Gasteiger partial charge in [0, 0.05) is 24.3 Å². The number of fused-ring (bicyclic) bond motifs is 1. The Morgan fingerprint density at radius 3 is 3.00 bits per heavy atom. The maximum absolute atomic E-state index is 12.6. The predicted molar refractivity (Wildman–Crippen MR) is 80.7 cm³/mol. The number of hydrogen-bond donors (Lipinski definition) is 1. The molecule has 0 spiro atoms. The van der Waals surface area contributed by atoms with Crippen LogP contribution in [0.2, 0.25) is 0 Å². The maximum Gasteiger partial charge on any atom is 0.241 e. The zero-order chi connectivity index (χ0) is 14.1. The second-order valence-corrected chi connectivity index (χ2v) is 6.08. The first-order chi connectivity index (χ1) is 9.65. The predicted octanol–water partition coefficient (Wildman–Crippen LogP) is 1.39. The Kier molecular flexibility index (Phi) is 3.76. The first-order valence-electron chi connectivity index (χ1n) is 7.53. The SMILES string of the molecule is CC1Cc2ccccc2N1C(=O)CN1CCCC(N)C1. The van der Waals surface area contributed by atoms with Crippen molar-refractivity contribution in [3.8, 4) is 0 Å². The van der Waals surface area contributed by atoms with Crippen LogP contribution < -0.4 is 10.6 Å². The lowest BCUT2D eigenvalue weighted by Gasteiger charge is -2.32. The molecule has 1 aromatic rings. The molecule has 2 N–H and O–H groups in total. The molecule has 2 unspecified atom stereocenters. The summed E-state index contributed by atoms with van der Waals surface area (Å²) in [6.45, 7) is 4.45. The molecule has 4 heteroatoms. The van der Waals surface area contributed by atoms with Gasteiger partial charge in [-0.3, -0.25) is 9.69 Å². The van der Waals surface area contributed by atoms with Crippen molar-refractivity contribution >= 4 is 11.6 Å². The number of carbonyl (C=O) groups is 1. The molecule has 0 aliphatic carbocycles. The summed E-state index contributed by atoms with van der Waals surface area (Å²) in [5.74, 6) is 0.205. The molecule has 0 radical (unpaired) electrons. The summed E-state index contributed by atoms with van der Waals surface area (Å²) in [4.78, 5) is 16.8. The zero-order valence-electron chi connectivity index (χ0n) is 12.1. The van der Waals surface area contributed by atoms with Gasteiger partial charge in [0.05, 0.1) is 6.54 Å². The highest BCUT2D eigenvalue weighted by atomic mass is 16.2. The van der Waals surface area contributed by atoms with Crippen molar-refractivity contribution in [2.75, 3.05) is 24.5 Å². The van der Waals surface area contributed by atoms with E-state index in [0.717, 1.165) is 38.0 Å². The lowest BCUT2D eigenvalue weighted by atomic mass is 10.1. The number of likely N-dealkylation sites (tertiary alicyclic amines) is 1. The van der Waals surface area contributed by atoms with E-state index in [-0.39, 0.29) is 18.0 Å². The van der Waals surface area contributed by atoms with Crippen molar-refractivity contribution in [2.45, 2.75) is 38.3 Å². The second kappa shape index (κ2) is 5.54. The monoisotopic (exact) mass is 273 g/mol. The molecule has 2 heterocycles. The maximum atomic E-state index is 12.6. The Hall–Kier alpha value is -1.39. The van der Waals surface area contributed by atoms with Crippen LogP contribution in [-0.2, 0) is 11.2 Å². The number of piperidine rings is 1. The third kappa shape index (κ3) is 2.58. The van der Waals surface area contributed by atoms with Gasteiger partial charge in [0.1, 0.15) is 0 Å². The van der Waals surface area contributed by atoms with E-state index in [0.29, 0.717) is 6.54 Å². The Bertz CT molecular complexity index is 502. The van der Waals surface area contributed by atoms with E-state index in [1.807, 2.05) is 17.0 Å². The summed E-state index contributed by atoms with van der Waals surface area (Å²) in [6, 6.07) is 8.71. The molecular weight excluding hydrogens is 250 g/mol. The van der Waals surface area contributed by atoms with Gasteiger partial charge in [0.15, 0.2) is 0 Å². The van der Waals surface area contributed by atoms with Gasteiger partial charge >= 0.3 is 0 Å². The summed E-state index contributed by atoms with van der Waals surface area (Å²) < 4.78 is 0. The number of para-hydroxylation sites is 1. The summed E-state index contributed by atoms with van der Waals surface area (Å²) in [5, 5.41) is 0. The largest absolute Gasteiger partial charge is 0.327 e. The molecular formula is C16H23N3O. The Labute approximate surface area is 120 Å². The Morgan fingerprint density at radius 2 is 2.20 bits per heavy atom. The Morgan fingerprint density at radius 1 is 1.40 bits per heavy atom. The number of hydrogen-bond acceptors (Lipinski definition) is 3. The van der Waals surface area contributed by atoms with Gasteiger partial charge in [-0.1, -0.05) is 18.2 Å². The van der Waals surface area contributed by atoms with E-state index in [2.05, 4.69) is 24.0 Å². The van der Waals surface area contributed by atoms with E-state index in [1.165, 1.54) is 5.56 Å². The highest BCUT2D eigenvalue weighted by molar-refractivity contribution is 5.97. The van der Waals surface area contributed by atoms with Gasteiger partial charge in [-0.25, -0.2) is 0 Å². The Balaban J connectivity index is 1.71. The molecule has 0 bridgehead atoms. The van der Waals surface area contributed by atoms with Crippen LogP contribution >= 0.6 is 0 Å². The fraction of sp³-hybridized carbons (Fsp3) is 0.562. The molecule has 1 fully saturated rings. The fourth-order valence-corrected chi connectivity index (χ4v) is 3.45. The van der Waals surface area contributed by atoms with Gasteiger partial charge in [-0.2, -0.15) is 0 Å². The highest BCUT2D eigenvalue weighted by Gasteiger charge is 2.31. The molecule has 0 aromatic heterocycles. The van der Waals surface area contributed by atoms with Crippen LogP contribution in [0.4, 0.5) is 5.69 Å². The van der Waals surface area contributed by atoms with Gasteiger partial charge < -0.3 is 10.6 Å². The minimum Gasteiger partial charge on any atom is -0.327 e. The lowest BCUT2D eigenvalue weighted by molar-refractivity contribution is -0.120. The zero-order valence-corrected chi connectivity index (χ0v) is 12.1. The second-order valence-electron chi connectivity index (χ2n) is 6.08. The van der Waals surface area contributed by atoms with Gasteiger partial charge in [0.2, 0.25) is 5.91 Å². The van der Waals surface area contributed by atoms with Crippen LogP contribution in [-0.4, -0.2) is 42.5 Å². The molecule has 2 atom stereocenters. The van der Waals surface area contributed by atoms with E-state index in [4.69, 9.17) is 5.73 Å². The summed E-state index contributed by atoms with van der Waals surface area (Å²) in [5.41, 5.74) is 8.36. The average Bonchev–Trinajstić information content (AvgIpc) is 2.74. The van der Waals surface area contributed by atoms with Gasteiger partial charge in [-0.05, 0) is 44.4 Å². The third-order valence-corrected chi connectivity index (χ3v) is 4.38. The number of rotatable bonds is 2. The topological polar surface area (TPSA) is 49.6 Å². The third-order valence-electron chi connectivity index (χ3n) is 4.38. The van der Waals surface area contributed by atoms with Gasteiger partial charge in [0.25, 0.3) is 0 Å². The quantitative estimate of drug-likeness (QED) is 0.886. The number of amides is 1. The van der Waals surface area contributed by atoms with Crippen LogP contribution in [0.5, 0.6) is 0 Å². The van der Waals surface area contributed by atoms with Crippen LogP contribution in [0.15, 0.2) is 24.3 Å². The van der Waals surface area contributed by atoms with Crippen molar-refractivity contribution in [3.05, 3.63) is 29.8 Å². The van der Waals surface area contributed by atoms with Crippen LogP contribution in [0.3, 0.4) is 0 Å². The van der Waals surface area contributed by atoms with Crippen LogP contribution in [0.1, 0.15) is 25.3 Å².